The third-order valence-electron chi connectivity index (χ3n) is 10.4. The van der Waals surface area contributed by atoms with E-state index < -0.39 is 62.2 Å². The molecule has 7 rings (SSSR count). The summed E-state index contributed by atoms with van der Waals surface area (Å²) < 4.78 is 77.0. The Bertz CT molecular complexity index is 2820. The molecule has 1 aliphatic rings. The van der Waals surface area contributed by atoms with Crippen LogP contribution in [0.4, 0.5) is 13.2 Å². The molecule has 1 atom stereocenters. The Morgan fingerprint density at radius 1 is 0.875 bits per heavy atom. The van der Waals surface area contributed by atoms with Gasteiger partial charge in [0.2, 0.25) is 0 Å². The summed E-state index contributed by atoms with van der Waals surface area (Å²) in [6.07, 6.45) is -1.37. The minimum Gasteiger partial charge on any atom is -0.480 e. The maximum atomic E-state index is 14.6. The number of aliphatic carboxylic acids is 1. The normalized spacial score (nSPS) is 15.7. The fourth-order valence-electron chi connectivity index (χ4n) is 7.53. The molecule has 292 valence electrons. The number of fused-ring (bicyclic) bond motifs is 3. The molecule has 1 aliphatic heterocycles. The van der Waals surface area contributed by atoms with Crippen LogP contribution in [-0.4, -0.2) is 60.1 Å². The predicted molar refractivity (Wildman–Crippen MR) is 202 cm³/mol. The van der Waals surface area contributed by atoms with Crippen LogP contribution in [0.1, 0.15) is 48.4 Å². The molecule has 56 heavy (non-hydrogen) atoms. The number of aryl methyl sites for hydroxylation is 2. The number of pyridine rings is 1. The number of alkyl halides is 3. The molecule has 0 amide bonds. The third kappa shape index (κ3) is 6.85. The second-order valence-corrected chi connectivity index (χ2v) is 15.8. The van der Waals surface area contributed by atoms with E-state index in [9.17, 15) is 45.9 Å². The van der Waals surface area contributed by atoms with Crippen molar-refractivity contribution >= 4 is 37.9 Å². The van der Waals surface area contributed by atoms with Gasteiger partial charge in [-0.15, -0.1) is 0 Å². The molecule has 6 aromatic rings. The van der Waals surface area contributed by atoms with E-state index in [0.29, 0.717) is 42.4 Å². The fourth-order valence-corrected chi connectivity index (χ4v) is 9.46. The first-order chi connectivity index (χ1) is 26.6. The average molecular weight is 791 g/mol. The van der Waals surface area contributed by atoms with Crippen molar-refractivity contribution in [1.82, 2.24) is 27.6 Å². The van der Waals surface area contributed by atoms with Crippen LogP contribution in [0.2, 0.25) is 0 Å². The SMILES string of the molecule is Cn1c(=O)c2c(ncn2CCCCCCN2CC(C(=O)O)n3c(c(-c4cccc(C(F)(F)F)c4)c(Cc4cccc5ccccc45)cc3=O)S2(=O)=O)n(C)c1=O. The first-order valence-corrected chi connectivity index (χ1v) is 19.3. The number of hydrogen-bond donors (Lipinski definition) is 1. The molecule has 3 aromatic heterocycles. The van der Waals surface area contributed by atoms with E-state index >= 15 is 0 Å². The van der Waals surface area contributed by atoms with Gasteiger partial charge in [0.1, 0.15) is 6.04 Å². The molecule has 3 aromatic carbocycles. The van der Waals surface area contributed by atoms with Crippen molar-refractivity contribution in [2.75, 3.05) is 13.1 Å². The Morgan fingerprint density at radius 3 is 2.30 bits per heavy atom. The number of nitrogens with zero attached hydrogens (tertiary/aromatic N) is 6. The van der Waals surface area contributed by atoms with Crippen LogP contribution in [0.15, 0.2) is 98.5 Å². The van der Waals surface area contributed by atoms with Crippen LogP contribution in [0.5, 0.6) is 0 Å². The summed E-state index contributed by atoms with van der Waals surface area (Å²) in [5.41, 5.74) is -1.86. The zero-order valence-electron chi connectivity index (χ0n) is 30.4. The number of unbranched alkanes of at least 4 members (excludes halogenated alkanes) is 3. The topological polar surface area (TPSA) is 158 Å². The molecule has 17 heteroatoms. The lowest BCUT2D eigenvalue weighted by Gasteiger charge is -2.35. The number of aromatic nitrogens is 5. The van der Waals surface area contributed by atoms with E-state index in [1.165, 1.54) is 31.1 Å². The highest BCUT2D eigenvalue weighted by molar-refractivity contribution is 7.89. The second-order valence-electron chi connectivity index (χ2n) is 13.9. The van der Waals surface area contributed by atoms with E-state index in [0.717, 1.165) is 43.9 Å². The zero-order chi connectivity index (χ0) is 40.1. The highest BCUT2D eigenvalue weighted by atomic mass is 32.2. The number of halogens is 3. The van der Waals surface area contributed by atoms with Gasteiger partial charge < -0.3 is 9.67 Å². The molecule has 0 spiro atoms. The third-order valence-corrected chi connectivity index (χ3v) is 12.3. The van der Waals surface area contributed by atoms with E-state index in [4.69, 9.17) is 0 Å². The quantitative estimate of drug-likeness (QED) is 0.181. The number of carbonyl (C=O) groups is 1. The number of rotatable bonds is 11. The van der Waals surface area contributed by atoms with Crippen molar-refractivity contribution < 1.29 is 31.5 Å². The van der Waals surface area contributed by atoms with E-state index in [1.54, 1.807) is 16.7 Å². The Kier molecular flexibility index (Phi) is 10.1. The van der Waals surface area contributed by atoms with Gasteiger partial charge >= 0.3 is 17.8 Å². The van der Waals surface area contributed by atoms with E-state index in [-0.39, 0.29) is 40.8 Å². The summed E-state index contributed by atoms with van der Waals surface area (Å²) in [6.45, 7) is -0.284. The second kappa shape index (κ2) is 14.7. The minimum atomic E-state index is -4.77. The Morgan fingerprint density at radius 2 is 1.57 bits per heavy atom. The summed E-state index contributed by atoms with van der Waals surface area (Å²) in [7, 11) is -1.75. The molecule has 0 fully saturated rings. The first-order valence-electron chi connectivity index (χ1n) is 17.9. The van der Waals surface area contributed by atoms with Gasteiger partial charge in [-0.1, -0.05) is 67.4 Å². The van der Waals surface area contributed by atoms with Crippen LogP contribution >= 0.6 is 0 Å². The van der Waals surface area contributed by atoms with E-state index in [2.05, 4.69) is 4.98 Å². The Balaban J connectivity index is 1.22. The maximum Gasteiger partial charge on any atom is 0.416 e. The lowest BCUT2D eigenvalue weighted by atomic mass is 9.93. The lowest BCUT2D eigenvalue weighted by molar-refractivity contribution is -0.141. The van der Waals surface area contributed by atoms with Crippen LogP contribution in [0, 0.1) is 0 Å². The van der Waals surface area contributed by atoms with Crippen LogP contribution in [-0.2, 0) is 48.1 Å². The summed E-state index contributed by atoms with van der Waals surface area (Å²) in [6, 6.07) is 16.4. The average Bonchev–Trinajstić information content (AvgIpc) is 3.59. The highest BCUT2D eigenvalue weighted by Crippen LogP contribution is 2.40. The van der Waals surface area contributed by atoms with Gasteiger partial charge in [-0.2, -0.15) is 17.5 Å². The van der Waals surface area contributed by atoms with Crippen LogP contribution in [0.3, 0.4) is 0 Å². The molecule has 0 saturated carbocycles. The number of sulfonamides is 1. The summed E-state index contributed by atoms with van der Waals surface area (Å²) >= 11 is 0. The van der Waals surface area contributed by atoms with Gasteiger partial charge in [0, 0.05) is 45.4 Å². The molecule has 1 N–H and O–H groups in total. The smallest absolute Gasteiger partial charge is 0.416 e. The van der Waals surface area contributed by atoms with Gasteiger partial charge in [-0.05, 0) is 58.9 Å². The molecule has 13 nitrogen and oxygen atoms in total. The molecular weight excluding hydrogens is 754 g/mol. The monoisotopic (exact) mass is 790 g/mol. The summed E-state index contributed by atoms with van der Waals surface area (Å²) in [5.74, 6) is -1.47. The molecule has 0 aliphatic carbocycles. The Hall–Kier alpha value is -5.81. The number of carboxylic acids is 1. The van der Waals surface area contributed by atoms with Crippen molar-refractivity contribution in [3.63, 3.8) is 0 Å². The maximum absolute atomic E-state index is 14.6. The number of benzene rings is 3. The van der Waals surface area contributed by atoms with Crippen molar-refractivity contribution in [2.45, 2.75) is 55.9 Å². The van der Waals surface area contributed by atoms with Gasteiger partial charge in [0.25, 0.3) is 21.1 Å². The van der Waals surface area contributed by atoms with Crippen molar-refractivity contribution in [3.8, 4) is 11.1 Å². The van der Waals surface area contributed by atoms with Crippen molar-refractivity contribution in [3.05, 3.63) is 127 Å². The highest BCUT2D eigenvalue weighted by Gasteiger charge is 2.43. The molecular formula is C39H37F3N6O7S. The van der Waals surface area contributed by atoms with Gasteiger partial charge in [0.05, 0.1) is 11.9 Å². The first kappa shape index (κ1) is 38.5. The predicted octanol–water partition coefficient (Wildman–Crippen LogP) is 4.92. The Labute approximate surface area is 317 Å². The minimum absolute atomic E-state index is 0.0299. The molecule has 0 bridgehead atoms. The molecule has 0 radical (unpaired) electrons. The van der Waals surface area contributed by atoms with Crippen LogP contribution in [0.25, 0.3) is 33.1 Å². The summed E-state index contributed by atoms with van der Waals surface area (Å²) in [4.78, 5) is 55.8. The van der Waals surface area contributed by atoms with E-state index in [1.807, 2.05) is 30.3 Å². The van der Waals surface area contributed by atoms with Gasteiger partial charge in [-0.25, -0.2) is 23.0 Å². The van der Waals surface area contributed by atoms with Gasteiger partial charge in [-0.3, -0.25) is 23.3 Å². The summed E-state index contributed by atoms with van der Waals surface area (Å²) in [5, 5.41) is 11.3. The fraction of sp³-hybridized carbons (Fsp3) is 0.308. The number of carboxylic acid groups (broad SMARTS) is 1. The number of hydrogen-bond acceptors (Lipinski definition) is 7. The van der Waals surface area contributed by atoms with Crippen LogP contribution < -0.4 is 16.8 Å². The molecule has 0 saturated heterocycles. The van der Waals surface area contributed by atoms with Crippen molar-refractivity contribution in [1.29, 1.82) is 0 Å². The largest absolute Gasteiger partial charge is 0.480 e. The lowest BCUT2D eigenvalue weighted by Crippen LogP contribution is -2.50. The molecule has 4 heterocycles. The molecule has 1 unspecified atom stereocenters. The standard InChI is InChI=1S/C39H37F3N6O7S/c1-44-34-33(35(50)45(2)38(44)53)46(23-43-34)17-7-3-4-8-18-47-22-30(37(51)52)48-31(49)21-27(19-25-13-9-12-24-11-5-6-16-29(24)25)32(36(48)56(47,54)55)26-14-10-15-28(20-26)39(40,41)42/h5-6,9-16,20-21,23,30H,3-4,7-8,17-19,22H2,1-2H3,(H,51,52). The number of imidazole rings is 1. The van der Waals surface area contributed by atoms with Gasteiger partial charge in [0.15, 0.2) is 16.2 Å². The van der Waals surface area contributed by atoms with Crippen molar-refractivity contribution in [2.24, 2.45) is 14.1 Å². The zero-order valence-corrected chi connectivity index (χ0v) is 31.2.